The molecule has 0 saturated carbocycles. The second-order valence-electron chi connectivity index (χ2n) is 4.43. The van der Waals surface area contributed by atoms with Gasteiger partial charge < -0.3 is 4.57 Å². The van der Waals surface area contributed by atoms with Gasteiger partial charge in [0.1, 0.15) is 5.82 Å². The highest BCUT2D eigenvalue weighted by atomic mass is 15.1. The Morgan fingerprint density at radius 1 is 1.44 bits per heavy atom. The highest BCUT2D eigenvalue weighted by Gasteiger charge is 2.18. The maximum absolute atomic E-state index is 4.69. The number of hydrogen-bond donors (Lipinski definition) is 0. The third kappa shape index (κ3) is 1.52. The molecule has 0 N–H and O–H groups in total. The molecule has 0 aliphatic carbocycles. The number of aryl methyl sites for hydroxylation is 1. The van der Waals surface area contributed by atoms with Gasteiger partial charge in [-0.15, -0.1) is 0 Å². The molecule has 3 heteroatoms. The number of pyridine rings is 1. The zero-order valence-corrected chi connectivity index (χ0v) is 9.43. The number of fused-ring (bicyclic) bond motifs is 1. The van der Waals surface area contributed by atoms with Crippen LogP contribution in [0.1, 0.15) is 31.6 Å². The van der Waals surface area contributed by atoms with Crippen molar-refractivity contribution in [3.8, 4) is 11.3 Å². The second kappa shape index (κ2) is 3.74. The van der Waals surface area contributed by atoms with Crippen LogP contribution in [0.4, 0.5) is 0 Å². The van der Waals surface area contributed by atoms with Gasteiger partial charge in [0.2, 0.25) is 0 Å². The van der Waals surface area contributed by atoms with Crippen LogP contribution in [-0.2, 0) is 6.42 Å². The van der Waals surface area contributed by atoms with Crippen molar-refractivity contribution < 1.29 is 0 Å². The Morgan fingerprint density at radius 2 is 2.38 bits per heavy atom. The van der Waals surface area contributed by atoms with Crippen molar-refractivity contribution >= 4 is 0 Å². The quantitative estimate of drug-likeness (QED) is 0.729. The maximum Gasteiger partial charge on any atom is 0.109 e. The fraction of sp³-hybridized carbons (Fsp3) is 0.385. The Balaban J connectivity index is 2.05. The van der Waals surface area contributed by atoms with Crippen LogP contribution in [0.2, 0.25) is 0 Å². The molecule has 2 aromatic heterocycles. The minimum atomic E-state index is 0.585. The summed E-state index contributed by atoms with van der Waals surface area (Å²) in [5, 5.41) is 0. The Morgan fingerprint density at radius 3 is 3.12 bits per heavy atom. The minimum Gasteiger partial charge on any atom is -0.331 e. The summed E-state index contributed by atoms with van der Waals surface area (Å²) >= 11 is 0. The highest BCUT2D eigenvalue weighted by Crippen LogP contribution is 2.27. The molecule has 16 heavy (non-hydrogen) atoms. The van der Waals surface area contributed by atoms with Crippen molar-refractivity contribution in [3.63, 3.8) is 0 Å². The normalized spacial score (nSPS) is 19.4. The lowest BCUT2D eigenvalue weighted by Gasteiger charge is -2.20. The van der Waals surface area contributed by atoms with Crippen molar-refractivity contribution in [2.75, 3.05) is 0 Å². The SMILES string of the molecule is C[C@H]1CCCc2nc(-c3cccnc3)cn21. The van der Waals surface area contributed by atoms with E-state index in [9.17, 15) is 0 Å². The molecule has 0 unspecified atom stereocenters. The molecular weight excluding hydrogens is 198 g/mol. The largest absolute Gasteiger partial charge is 0.331 e. The summed E-state index contributed by atoms with van der Waals surface area (Å²) in [5.74, 6) is 1.22. The lowest BCUT2D eigenvalue weighted by Crippen LogP contribution is -2.14. The van der Waals surface area contributed by atoms with Gasteiger partial charge in [-0.1, -0.05) is 0 Å². The van der Waals surface area contributed by atoms with Crippen molar-refractivity contribution in [2.24, 2.45) is 0 Å². The van der Waals surface area contributed by atoms with Crippen molar-refractivity contribution in [1.82, 2.24) is 14.5 Å². The summed E-state index contributed by atoms with van der Waals surface area (Å²) in [6.07, 6.45) is 9.45. The van der Waals surface area contributed by atoms with Gasteiger partial charge in [-0.25, -0.2) is 4.98 Å². The average Bonchev–Trinajstić information content (AvgIpc) is 2.76. The summed E-state index contributed by atoms with van der Waals surface area (Å²) in [6, 6.07) is 4.60. The summed E-state index contributed by atoms with van der Waals surface area (Å²) in [7, 11) is 0. The Hall–Kier alpha value is -1.64. The third-order valence-electron chi connectivity index (χ3n) is 3.26. The number of hydrogen-bond acceptors (Lipinski definition) is 2. The second-order valence-corrected chi connectivity index (χ2v) is 4.43. The predicted molar refractivity (Wildman–Crippen MR) is 63.1 cm³/mol. The number of rotatable bonds is 1. The Bertz CT molecular complexity index is 487. The molecule has 0 aromatic carbocycles. The lowest BCUT2D eigenvalue weighted by molar-refractivity contribution is 0.426. The molecule has 1 aliphatic rings. The van der Waals surface area contributed by atoms with E-state index in [0.29, 0.717) is 6.04 Å². The van der Waals surface area contributed by atoms with Crippen LogP contribution in [0.15, 0.2) is 30.7 Å². The van der Waals surface area contributed by atoms with Crippen LogP contribution in [0.5, 0.6) is 0 Å². The molecule has 3 heterocycles. The molecule has 3 nitrogen and oxygen atoms in total. The van der Waals surface area contributed by atoms with Crippen molar-refractivity contribution in [3.05, 3.63) is 36.5 Å². The standard InChI is InChI=1S/C13H15N3/c1-10-4-2-6-13-15-12(9-16(10)13)11-5-3-7-14-8-11/h3,5,7-10H,2,4,6H2,1H3/t10-/m0/s1. The van der Waals surface area contributed by atoms with E-state index in [-0.39, 0.29) is 0 Å². The van der Waals surface area contributed by atoms with Crippen LogP contribution in [0, 0.1) is 0 Å². The van der Waals surface area contributed by atoms with Gasteiger partial charge in [0.05, 0.1) is 5.69 Å². The van der Waals surface area contributed by atoms with Crippen molar-refractivity contribution in [2.45, 2.75) is 32.2 Å². The number of nitrogens with zero attached hydrogens (tertiary/aromatic N) is 3. The van der Waals surface area contributed by atoms with Crippen LogP contribution >= 0.6 is 0 Å². The fourth-order valence-electron chi connectivity index (χ4n) is 2.35. The molecule has 0 fully saturated rings. The van der Waals surface area contributed by atoms with E-state index < -0.39 is 0 Å². The van der Waals surface area contributed by atoms with Gasteiger partial charge in [0.25, 0.3) is 0 Å². The first kappa shape index (κ1) is 9.58. The molecule has 3 rings (SSSR count). The van der Waals surface area contributed by atoms with Gasteiger partial charge >= 0.3 is 0 Å². The fourth-order valence-corrected chi connectivity index (χ4v) is 2.35. The first-order valence-electron chi connectivity index (χ1n) is 5.83. The van der Waals surface area contributed by atoms with E-state index in [4.69, 9.17) is 4.98 Å². The molecule has 1 aliphatic heterocycles. The van der Waals surface area contributed by atoms with Gasteiger partial charge in [-0.3, -0.25) is 4.98 Å². The van der Waals surface area contributed by atoms with E-state index in [1.54, 1.807) is 6.20 Å². The summed E-state index contributed by atoms with van der Waals surface area (Å²) in [5.41, 5.74) is 2.16. The molecule has 0 amide bonds. The van der Waals surface area contributed by atoms with E-state index in [2.05, 4.69) is 28.7 Å². The lowest BCUT2D eigenvalue weighted by atomic mass is 10.1. The first-order chi connectivity index (χ1) is 7.84. The molecular formula is C13H15N3. The molecule has 2 aromatic rings. The van der Waals surface area contributed by atoms with Crippen LogP contribution in [0.3, 0.4) is 0 Å². The van der Waals surface area contributed by atoms with Gasteiger partial charge in [0.15, 0.2) is 0 Å². The van der Waals surface area contributed by atoms with E-state index in [1.165, 1.54) is 18.7 Å². The summed E-state index contributed by atoms with van der Waals surface area (Å²) in [6.45, 7) is 2.26. The average molecular weight is 213 g/mol. The molecule has 0 saturated heterocycles. The predicted octanol–water partition coefficient (Wildman–Crippen LogP) is 2.84. The molecule has 0 spiro atoms. The highest BCUT2D eigenvalue weighted by molar-refractivity contribution is 5.57. The zero-order chi connectivity index (χ0) is 11.0. The van der Waals surface area contributed by atoms with E-state index in [1.807, 2.05) is 12.3 Å². The van der Waals surface area contributed by atoms with Crippen LogP contribution < -0.4 is 0 Å². The third-order valence-corrected chi connectivity index (χ3v) is 3.26. The minimum absolute atomic E-state index is 0.585. The first-order valence-corrected chi connectivity index (χ1v) is 5.83. The summed E-state index contributed by atoms with van der Waals surface area (Å²) in [4.78, 5) is 8.83. The van der Waals surface area contributed by atoms with Crippen LogP contribution in [-0.4, -0.2) is 14.5 Å². The monoisotopic (exact) mass is 213 g/mol. The van der Waals surface area contributed by atoms with Crippen LogP contribution in [0.25, 0.3) is 11.3 Å². The van der Waals surface area contributed by atoms with Gasteiger partial charge in [0, 0.05) is 36.6 Å². The number of aromatic nitrogens is 3. The molecule has 0 bridgehead atoms. The molecule has 1 atom stereocenters. The Kier molecular flexibility index (Phi) is 2.24. The maximum atomic E-state index is 4.69. The molecule has 82 valence electrons. The topological polar surface area (TPSA) is 30.7 Å². The van der Waals surface area contributed by atoms with E-state index in [0.717, 1.165) is 17.7 Å². The summed E-state index contributed by atoms with van der Waals surface area (Å²) < 4.78 is 2.31. The van der Waals surface area contributed by atoms with Gasteiger partial charge in [-0.05, 0) is 31.9 Å². The Labute approximate surface area is 95.2 Å². The smallest absolute Gasteiger partial charge is 0.109 e. The zero-order valence-electron chi connectivity index (χ0n) is 9.43. The van der Waals surface area contributed by atoms with Gasteiger partial charge in [-0.2, -0.15) is 0 Å². The molecule has 0 radical (unpaired) electrons. The van der Waals surface area contributed by atoms with E-state index >= 15 is 0 Å². The van der Waals surface area contributed by atoms with Crippen molar-refractivity contribution in [1.29, 1.82) is 0 Å². The number of imidazole rings is 1.